The number of pyridine rings is 1. The Labute approximate surface area is 203 Å². The number of carbonyl (C=O) groups excluding carboxylic acids is 3. The quantitative estimate of drug-likeness (QED) is 0.505. The minimum atomic E-state index is -0.706. The van der Waals surface area contributed by atoms with Gasteiger partial charge in [-0.15, -0.1) is 0 Å². The zero-order valence-electron chi connectivity index (χ0n) is 20.5. The van der Waals surface area contributed by atoms with Crippen LogP contribution in [0.4, 0.5) is 4.79 Å². The molecule has 0 aliphatic heterocycles. The highest BCUT2D eigenvalue weighted by atomic mass is 16.5. The highest BCUT2D eigenvalue weighted by molar-refractivity contribution is 6.05. The molecular weight excluding hydrogens is 450 g/mol. The van der Waals surface area contributed by atoms with E-state index in [1.165, 1.54) is 0 Å². The number of fused-ring (bicyclic) bond motifs is 1. The van der Waals surface area contributed by atoms with Gasteiger partial charge in [-0.3, -0.25) is 10.1 Å². The molecule has 3 aromatic rings. The van der Waals surface area contributed by atoms with E-state index in [-0.39, 0.29) is 17.6 Å². The zero-order chi connectivity index (χ0) is 25.1. The summed E-state index contributed by atoms with van der Waals surface area (Å²) in [5.74, 6) is -0.00396. The van der Waals surface area contributed by atoms with E-state index in [1.807, 2.05) is 33.8 Å². The maximum atomic E-state index is 13.0. The van der Waals surface area contributed by atoms with Crippen molar-refractivity contribution in [2.45, 2.75) is 71.9 Å². The Morgan fingerprint density at radius 2 is 1.91 bits per heavy atom. The molecule has 0 unspecified atom stereocenters. The fourth-order valence-corrected chi connectivity index (χ4v) is 4.43. The number of hydrogen-bond acceptors (Lipinski definition) is 7. The highest BCUT2D eigenvalue weighted by Gasteiger charge is 2.22. The van der Waals surface area contributed by atoms with Crippen molar-refractivity contribution in [3.63, 3.8) is 0 Å². The summed E-state index contributed by atoms with van der Waals surface area (Å²) in [6, 6.07) is 2.97. The third-order valence-electron chi connectivity index (χ3n) is 6.12. The molecule has 3 aromatic heterocycles. The van der Waals surface area contributed by atoms with Crippen molar-refractivity contribution in [1.29, 1.82) is 0 Å². The third kappa shape index (κ3) is 5.52. The predicted octanol–water partition coefficient (Wildman–Crippen LogP) is 4.20. The van der Waals surface area contributed by atoms with Crippen molar-refractivity contribution in [1.82, 2.24) is 25.4 Å². The molecule has 35 heavy (non-hydrogen) atoms. The summed E-state index contributed by atoms with van der Waals surface area (Å²) in [4.78, 5) is 42.1. The van der Waals surface area contributed by atoms with Crippen LogP contribution in [-0.4, -0.2) is 45.3 Å². The van der Waals surface area contributed by atoms with Gasteiger partial charge in [0.1, 0.15) is 11.5 Å². The van der Waals surface area contributed by atoms with E-state index >= 15 is 0 Å². The number of hydrogen-bond donors (Lipinski definition) is 2. The first kappa shape index (κ1) is 24.4. The SMILES string of the molecule is Cc1cc(-c2cc(C(=O)OCC(=O)NC(=O)NC3CCCCC3)c3cnn(C(C)C)c3n2)c(C)o1. The van der Waals surface area contributed by atoms with Gasteiger partial charge in [0.15, 0.2) is 12.3 Å². The van der Waals surface area contributed by atoms with Crippen molar-refractivity contribution in [3.8, 4) is 11.3 Å². The lowest BCUT2D eigenvalue weighted by atomic mass is 9.96. The van der Waals surface area contributed by atoms with Gasteiger partial charge in [0.05, 0.1) is 22.8 Å². The molecule has 186 valence electrons. The summed E-state index contributed by atoms with van der Waals surface area (Å²) in [5, 5.41) is 9.93. The van der Waals surface area contributed by atoms with Crippen molar-refractivity contribution in [2.75, 3.05) is 6.61 Å². The van der Waals surface area contributed by atoms with E-state index in [2.05, 4.69) is 15.7 Å². The monoisotopic (exact) mass is 481 g/mol. The fraction of sp³-hybridized carbons (Fsp3) is 0.480. The van der Waals surface area contributed by atoms with Crippen LogP contribution in [0.2, 0.25) is 0 Å². The Morgan fingerprint density at radius 3 is 2.57 bits per heavy atom. The number of ether oxygens (including phenoxy) is 1. The van der Waals surface area contributed by atoms with Gasteiger partial charge in [-0.25, -0.2) is 19.3 Å². The number of esters is 1. The Kier molecular flexibility index (Phi) is 7.18. The maximum Gasteiger partial charge on any atom is 0.339 e. The summed E-state index contributed by atoms with van der Waals surface area (Å²) in [7, 11) is 0. The Balaban J connectivity index is 1.51. The fourth-order valence-electron chi connectivity index (χ4n) is 4.43. The molecule has 0 atom stereocenters. The molecule has 0 saturated heterocycles. The number of carbonyl (C=O) groups is 3. The van der Waals surface area contributed by atoms with Crippen LogP contribution < -0.4 is 10.6 Å². The minimum absolute atomic E-state index is 0.0137. The van der Waals surface area contributed by atoms with Crippen molar-refractivity contribution < 1.29 is 23.5 Å². The molecule has 4 rings (SSSR count). The number of urea groups is 1. The molecular formula is C25H31N5O5. The molecule has 3 amide bonds. The van der Waals surface area contributed by atoms with Crippen LogP contribution >= 0.6 is 0 Å². The summed E-state index contributed by atoms with van der Waals surface area (Å²) in [6.07, 6.45) is 6.64. The van der Waals surface area contributed by atoms with Gasteiger partial charge in [-0.2, -0.15) is 5.10 Å². The normalized spacial score (nSPS) is 14.3. The van der Waals surface area contributed by atoms with Gasteiger partial charge in [0.2, 0.25) is 0 Å². The van der Waals surface area contributed by atoms with Gasteiger partial charge < -0.3 is 14.5 Å². The third-order valence-corrected chi connectivity index (χ3v) is 6.12. The maximum absolute atomic E-state index is 13.0. The summed E-state index contributed by atoms with van der Waals surface area (Å²) >= 11 is 0. The van der Waals surface area contributed by atoms with Crippen molar-refractivity contribution in [3.05, 3.63) is 35.4 Å². The Morgan fingerprint density at radius 1 is 1.17 bits per heavy atom. The number of amides is 3. The van der Waals surface area contributed by atoms with E-state index in [1.54, 1.807) is 16.9 Å². The van der Waals surface area contributed by atoms with Gasteiger partial charge in [-0.05, 0) is 52.7 Å². The first-order chi connectivity index (χ1) is 16.7. The van der Waals surface area contributed by atoms with E-state index in [0.717, 1.165) is 43.4 Å². The Bertz CT molecular complexity index is 1250. The number of aromatic nitrogens is 3. The standard InChI is InChI=1S/C25H31N5O5/c1-14(2)30-23-20(12-26-30)19(11-21(28-23)18-10-15(3)35-16(18)4)24(32)34-13-22(31)29-25(33)27-17-8-6-5-7-9-17/h10-12,14,17H,5-9,13H2,1-4H3,(H2,27,29,31,33). The molecule has 2 N–H and O–H groups in total. The van der Waals surface area contributed by atoms with Crippen LogP contribution in [0.15, 0.2) is 22.7 Å². The smallest absolute Gasteiger partial charge is 0.339 e. The van der Waals surface area contributed by atoms with Crippen LogP contribution in [0.1, 0.15) is 73.9 Å². The first-order valence-corrected chi connectivity index (χ1v) is 12.0. The molecule has 3 heterocycles. The second-order valence-corrected chi connectivity index (χ2v) is 9.23. The highest BCUT2D eigenvalue weighted by Crippen LogP contribution is 2.30. The van der Waals surface area contributed by atoms with Gasteiger partial charge >= 0.3 is 12.0 Å². The zero-order valence-corrected chi connectivity index (χ0v) is 20.5. The van der Waals surface area contributed by atoms with Crippen LogP contribution in [0.5, 0.6) is 0 Å². The second-order valence-electron chi connectivity index (χ2n) is 9.23. The first-order valence-electron chi connectivity index (χ1n) is 12.0. The average molecular weight is 482 g/mol. The van der Waals surface area contributed by atoms with E-state index in [9.17, 15) is 14.4 Å². The average Bonchev–Trinajstić information content (AvgIpc) is 3.39. The molecule has 10 nitrogen and oxygen atoms in total. The molecule has 1 aliphatic carbocycles. The molecule has 1 saturated carbocycles. The van der Waals surface area contributed by atoms with Gasteiger partial charge in [-0.1, -0.05) is 19.3 Å². The lowest BCUT2D eigenvalue weighted by Crippen LogP contribution is -2.46. The lowest BCUT2D eigenvalue weighted by Gasteiger charge is -2.22. The molecule has 0 bridgehead atoms. The molecule has 1 fully saturated rings. The van der Waals surface area contributed by atoms with Gasteiger partial charge in [0, 0.05) is 17.6 Å². The molecule has 0 spiro atoms. The van der Waals surface area contributed by atoms with Crippen LogP contribution in [0, 0.1) is 13.8 Å². The summed E-state index contributed by atoms with van der Waals surface area (Å²) in [6.45, 7) is 7.02. The van der Waals surface area contributed by atoms with Crippen LogP contribution in [0.25, 0.3) is 22.3 Å². The number of imide groups is 1. The number of rotatable bonds is 6. The molecule has 0 radical (unpaired) electrons. The summed E-state index contributed by atoms with van der Waals surface area (Å²) < 4.78 is 12.6. The van der Waals surface area contributed by atoms with E-state index in [0.29, 0.717) is 22.5 Å². The van der Waals surface area contributed by atoms with Crippen molar-refractivity contribution >= 4 is 28.9 Å². The minimum Gasteiger partial charge on any atom is -0.466 e. The van der Waals surface area contributed by atoms with Crippen molar-refractivity contribution in [2.24, 2.45) is 0 Å². The predicted molar refractivity (Wildman–Crippen MR) is 129 cm³/mol. The molecule has 10 heteroatoms. The second kappa shape index (κ2) is 10.3. The van der Waals surface area contributed by atoms with Crippen LogP contribution in [-0.2, 0) is 9.53 Å². The number of nitrogens with zero attached hydrogens (tertiary/aromatic N) is 3. The molecule has 0 aromatic carbocycles. The summed E-state index contributed by atoms with van der Waals surface area (Å²) in [5.41, 5.74) is 2.05. The lowest BCUT2D eigenvalue weighted by molar-refractivity contribution is -0.123. The van der Waals surface area contributed by atoms with Crippen LogP contribution in [0.3, 0.4) is 0 Å². The number of furan rings is 1. The topological polar surface area (TPSA) is 128 Å². The van der Waals surface area contributed by atoms with E-state index < -0.39 is 24.5 Å². The number of nitrogens with one attached hydrogen (secondary N) is 2. The van der Waals surface area contributed by atoms with E-state index in [4.69, 9.17) is 14.1 Å². The Hall–Kier alpha value is -3.69. The molecule has 1 aliphatic rings. The van der Waals surface area contributed by atoms with Gasteiger partial charge in [0.25, 0.3) is 5.91 Å². The number of aryl methyl sites for hydroxylation is 2. The largest absolute Gasteiger partial charge is 0.466 e.